The van der Waals surface area contributed by atoms with Gasteiger partial charge in [0, 0.05) is 22.2 Å². The van der Waals surface area contributed by atoms with Crippen LogP contribution in [0, 0.1) is 10.1 Å². The van der Waals surface area contributed by atoms with Crippen LogP contribution in [0.4, 0.5) is 11.4 Å². The van der Waals surface area contributed by atoms with Crippen LogP contribution in [0.5, 0.6) is 0 Å². The van der Waals surface area contributed by atoms with Gasteiger partial charge < -0.3 is 5.32 Å². The van der Waals surface area contributed by atoms with Gasteiger partial charge in [-0.2, -0.15) is 5.10 Å². The van der Waals surface area contributed by atoms with Crippen molar-refractivity contribution in [1.82, 2.24) is 9.78 Å². The number of para-hydroxylation sites is 2. The first-order valence-electron chi connectivity index (χ1n) is 7.81. The topological polar surface area (TPSA) is 107 Å². The summed E-state index contributed by atoms with van der Waals surface area (Å²) >= 11 is 3.37. The molecule has 8 nitrogen and oxygen atoms in total. The number of halogens is 1. The van der Waals surface area contributed by atoms with E-state index in [2.05, 4.69) is 26.3 Å². The summed E-state index contributed by atoms with van der Waals surface area (Å²) in [6.07, 6.45) is 0. The first-order chi connectivity index (χ1) is 12.9. The van der Waals surface area contributed by atoms with E-state index < -0.39 is 16.4 Å². The molecule has 1 N–H and O–H groups in total. The average molecular weight is 429 g/mol. The molecule has 3 rings (SSSR count). The molecule has 27 heavy (non-hydrogen) atoms. The predicted octanol–water partition coefficient (Wildman–Crippen LogP) is 3.22. The Kier molecular flexibility index (Phi) is 5.41. The van der Waals surface area contributed by atoms with Gasteiger partial charge in [0.15, 0.2) is 0 Å². The Morgan fingerprint density at radius 2 is 1.93 bits per heavy atom. The van der Waals surface area contributed by atoms with Crippen molar-refractivity contribution in [3.63, 3.8) is 0 Å². The summed E-state index contributed by atoms with van der Waals surface area (Å²) in [4.78, 5) is 34.7. The Morgan fingerprint density at radius 1 is 1.15 bits per heavy atom. The summed E-state index contributed by atoms with van der Waals surface area (Å²) in [6.45, 7) is -0.368. The molecule has 0 saturated heterocycles. The lowest BCUT2D eigenvalue weighted by Crippen LogP contribution is -2.29. The zero-order valence-electron chi connectivity index (χ0n) is 13.8. The Balaban J connectivity index is 1.83. The monoisotopic (exact) mass is 428 g/mol. The second-order valence-electron chi connectivity index (χ2n) is 5.55. The lowest BCUT2D eigenvalue weighted by Gasteiger charge is -2.09. The number of nitrogens with one attached hydrogen (secondary N) is 1. The number of hydrogen-bond acceptors (Lipinski definition) is 5. The maximum absolute atomic E-state index is 12.3. The van der Waals surface area contributed by atoms with Gasteiger partial charge in [-0.05, 0) is 24.3 Å². The van der Waals surface area contributed by atoms with Crippen LogP contribution in [0.2, 0.25) is 0 Å². The average Bonchev–Trinajstić information content (AvgIpc) is 2.63. The standard InChI is InChI=1S/C18H13BrN4O4/c19-13-5-3-4-12(10-13)14-8-9-18(25)22(21-14)11-17(24)20-15-6-1-2-7-16(15)23(26)27/h1-10H,11H2,(H,20,24). The molecule has 0 radical (unpaired) electrons. The Hall–Kier alpha value is -3.33. The number of nitro benzene ring substituents is 1. The zero-order chi connectivity index (χ0) is 19.4. The van der Waals surface area contributed by atoms with Gasteiger partial charge in [-0.1, -0.05) is 40.2 Å². The number of anilines is 1. The highest BCUT2D eigenvalue weighted by atomic mass is 79.9. The van der Waals surface area contributed by atoms with Gasteiger partial charge >= 0.3 is 0 Å². The van der Waals surface area contributed by atoms with E-state index in [1.165, 1.54) is 24.3 Å². The van der Waals surface area contributed by atoms with Gasteiger partial charge in [-0.15, -0.1) is 0 Å². The summed E-state index contributed by atoms with van der Waals surface area (Å²) in [7, 11) is 0. The smallest absolute Gasteiger partial charge is 0.292 e. The third kappa shape index (κ3) is 4.45. The van der Waals surface area contributed by atoms with E-state index in [0.717, 1.165) is 14.7 Å². The molecule has 0 bridgehead atoms. The minimum atomic E-state index is -0.592. The fourth-order valence-corrected chi connectivity index (χ4v) is 2.83. The number of amides is 1. The molecule has 0 spiro atoms. The number of carbonyl (C=O) groups is 1. The molecule has 1 heterocycles. The molecule has 0 aliphatic carbocycles. The third-order valence-corrected chi connectivity index (χ3v) is 4.15. The molecule has 0 fully saturated rings. The summed E-state index contributed by atoms with van der Waals surface area (Å²) in [5.41, 5.74) is 0.677. The van der Waals surface area contributed by atoms with Crippen LogP contribution < -0.4 is 10.9 Å². The molecule has 0 unspecified atom stereocenters. The second-order valence-corrected chi connectivity index (χ2v) is 6.46. The van der Waals surface area contributed by atoms with Crippen molar-refractivity contribution in [2.45, 2.75) is 6.54 Å². The van der Waals surface area contributed by atoms with E-state index >= 15 is 0 Å². The molecule has 0 atom stereocenters. The lowest BCUT2D eigenvalue weighted by atomic mass is 10.1. The first kappa shape index (κ1) is 18.5. The number of carbonyl (C=O) groups excluding carboxylic acids is 1. The highest BCUT2D eigenvalue weighted by Gasteiger charge is 2.15. The molecule has 0 aliphatic rings. The molecule has 136 valence electrons. The fraction of sp³-hybridized carbons (Fsp3) is 0.0556. The van der Waals surface area contributed by atoms with Gasteiger partial charge in [0.25, 0.3) is 11.2 Å². The van der Waals surface area contributed by atoms with Crippen molar-refractivity contribution >= 4 is 33.2 Å². The summed E-state index contributed by atoms with van der Waals surface area (Å²) in [6, 6.07) is 16.0. The van der Waals surface area contributed by atoms with Gasteiger partial charge in [-0.25, -0.2) is 4.68 Å². The van der Waals surface area contributed by atoms with E-state index in [4.69, 9.17) is 0 Å². The minimum absolute atomic E-state index is 0.0590. The van der Waals surface area contributed by atoms with Crippen molar-refractivity contribution in [2.75, 3.05) is 5.32 Å². The quantitative estimate of drug-likeness (QED) is 0.495. The van der Waals surface area contributed by atoms with Crippen molar-refractivity contribution in [1.29, 1.82) is 0 Å². The number of hydrogen-bond donors (Lipinski definition) is 1. The van der Waals surface area contributed by atoms with Crippen LogP contribution in [0.15, 0.2) is 69.9 Å². The van der Waals surface area contributed by atoms with Crippen molar-refractivity contribution in [3.8, 4) is 11.3 Å². The lowest BCUT2D eigenvalue weighted by molar-refractivity contribution is -0.383. The first-order valence-corrected chi connectivity index (χ1v) is 8.61. The number of nitro groups is 1. The molecular weight excluding hydrogens is 416 g/mol. The molecule has 9 heteroatoms. The molecule has 1 amide bonds. The maximum atomic E-state index is 12.3. The van der Waals surface area contributed by atoms with Crippen LogP contribution in [0.25, 0.3) is 11.3 Å². The van der Waals surface area contributed by atoms with Crippen LogP contribution in [0.1, 0.15) is 0 Å². The summed E-state index contributed by atoms with van der Waals surface area (Å²) < 4.78 is 1.87. The van der Waals surface area contributed by atoms with Crippen LogP contribution in [-0.4, -0.2) is 20.6 Å². The molecule has 0 saturated carbocycles. The minimum Gasteiger partial charge on any atom is -0.319 e. The van der Waals surface area contributed by atoms with Gasteiger partial charge in [0.2, 0.25) is 5.91 Å². The number of benzene rings is 2. The summed E-state index contributed by atoms with van der Waals surface area (Å²) in [5.74, 6) is -0.592. The van der Waals surface area contributed by atoms with E-state index in [9.17, 15) is 19.7 Å². The fourth-order valence-electron chi connectivity index (χ4n) is 2.43. The van der Waals surface area contributed by atoms with E-state index in [0.29, 0.717) is 5.69 Å². The Labute approximate surface area is 161 Å². The van der Waals surface area contributed by atoms with Gasteiger partial charge in [0.1, 0.15) is 12.2 Å². The van der Waals surface area contributed by atoms with Crippen molar-refractivity contribution in [2.24, 2.45) is 0 Å². The number of aromatic nitrogens is 2. The highest BCUT2D eigenvalue weighted by Crippen LogP contribution is 2.23. The highest BCUT2D eigenvalue weighted by molar-refractivity contribution is 9.10. The maximum Gasteiger partial charge on any atom is 0.292 e. The normalized spacial score (nSPS) is 10.4. The van der Waals surface area contributed by atoms with E-state index in [1.54, 1.807) is 12.1 Å². The van der Waals surface area contributed by atoms with E-state index in [1.807, 2.05) is 24.3 Å². The zero-order valence-corrected chi connectivity index (χ0v) is 15.4. The molecule has 1 aromatic heterocycles. The van der Waals surface area contributed by atoms with Gasteiger partial charge in [0.05, 0.1) is 10.6 Å². The Bertz CT molecular complexity index is 1080. The third-order valence-electron chi connectivity index (χ3n) is 3.66. The summed E-state index contributed by atoms with van der Waals surface area (Å²) in [5, 5.41) is 17.7. The Morgan fingerprint density at radius 3 is 2.67 bits per heavy atom. The predicted molar refractivity (Wildman–Crippen MR) is 103 cm³/mol. The van der Waals surface area contributed by atoms with Crippen LogP contribution in [0.3, 0.4) is 0 Å². The SMILES string of the molecule is O=C(Cn1nc(-c2cccc(Br)c2)ccc1=O)Nc1ccccc1[N+](=O)[O-]. The largest absolute Gasteiger partial charge is 0.319 e. The van der Waals surface area contributed by atoms with Crippen LogP contribution in [-0.2, 0) is 11.3 Å². The molecule has 3 aromatic rings. The van der Waals surface area contributed by atoms with Crippen molar-refractivity contribution in [3.05, 3.63) is 85.6 Å². The van der Waals surface area contributed by atoms with Crippen molar-refractivity contribution < 1.29 is 9.72 Å². The second kappa shape index (κ2) is 7.92. The number of nitrogens with zero attached hydrogens (tertiary/aromatic N) is 3. The molecule has 2 aromatic carbocycles. The molecule has 0 aliphatic heterocycles. The van der Waals surface area contributed by atoms with Gasteiger partial charge in [-0.3, -0.25) is 19.7 Å². The number of rotatable bonds is 5. The van der Waals surface area contributed by atoms with E-state index in [-0.39, 0.29) is 17.9 Å². The van der Waals surface area contributed by atoms with Crippen LogP contribution >= 0.6 is 15.9 Å². The molecular formula is C18H13BrN4O4.